The number of hydrogen-bond acceptors (Lipinski definition) is 3. The third kappa shape index (κ3) is 6.53. The first-order chi connectivity index (χ1) is 22.7. The number of benzene rings is 4. The molecule has 48 heavy (non-hydrogen) atoms. The molecular formula is C41H47Cl2NO3Si. The smallest absolute Gasteiger partial charge is 0.261 e. The molecule has 2 aliphatic rings. The van der Waals surface area contributed by atoms with E-state index in [2.05, 4.69) is 107 Å². The molecule has 4 aromatic carbocycles. The second-order valence-corrected chi connectivity index (χ2v) is 20.3. The summed E-state index contributed by atoms with van der Waals surface area (Å²) in [5.41, 5.74) is 3.65. The van der Waals surface area contributed by atoms with E-state index in [4.69, 9.17) is 27.6 Å². The number of fused-ring (bicyclic) bond motifs is 1. The Morgan fingerprint density at radius 3 is 1.90 bits per heavy atom. The number of hydrogen-bond donors (Lipinski definition) is 1. The Hall–Kier alpha value is -2.93. The molecule has 4 atom stereocenters. The summed E-state index contributed by atoms with van der Waals surface area (Å²) in [5, 5.41) is 14.1. The molecule has 0 bridgehead atoms. The lowest BCUT2D eigenvalue weighted by Gasteiger charge is -2.47. The fourth-order valence-corrected chi connectivity index (χ4v) is 13.3. The van der Waals surface area contributed by atoms with Gasteiger partial charge in [-0.15, -0.1) is 0 Å². The van der Waals surface area contributed by atoms with Crippen LogP contribution in [0.25, 0.3) is 0 Å². The number of aliphatic hydroxyl groups is 1. The largest absolute Gasteiger partial charge is 0.405 e. The first-order valence-electron chi connectivity index (χ1n) is 17.1. The summed E-state index contributed by atoms with van der Waals surface area (Å²) in [4.78, 5) is 16.5. The molecule has 1 N–H and O–H groups in total. The molecule has 0 spiro atoms. The van der Waals surface area contributed by atoms with E-state index in [0.29, 0.717) is 34.6 Å². The lowest BCUT2D eigenvalue weighted by molar-refractivity contribution is -0.137. The summed E-state index contributed by atoms with van der Waals surface area (Å²) in [6, 6.07) is 32.8. The van der Waals surface area contributed by atoms with E-state index in [1.807, 2.05) is 18.7 Å². The van der Waals surface area contributed by atoms with Gasteiger partial charge in [0.05, 0.1) is 30.7 Å². The van der Waals surface area contributed by atoms with E-state index in [1.54, 1.807) is 18.2 Å². The maximum atomic E-state index is 14.5. The Kier molecular flexibility index (Phi) is 9.75. The standard InChI is InChI=1S/C41H47Cl2NO3Si/c1-27-31-19-13-20-32(34-24-36(34)41(5,6)46)33(31)23-28(44(27)39(45)25-35-37(42)21-14-22-38(35)43)26-47-48(40(2,3)4,29-15-9-7-10-16-29)30-17-11-8-12-18-30/h7-22,27-28,34,36,46H,23-26H2,1-6H3/t27-,28+,34?,36+/m0/s1. The summed E-state index contributed by atoms with van der Waals surface area (Å²) >= 11 is 13.2. The highest BCUT2D eigenvalue weighted by Crippen LogP contribution is 2.55. The third-order valence-electron chi connectivity index (χ3n) is 10.6. The van der Waals surface area contributed by atoms with Crippen molar-refractivity contribution in [2.75, 3.05) is 6.61 Å². The van der Waals surface area contributed by atoms with Gasteiger partial charge in [-0.3, -0.25) is 4.79 Å². The van der Waals surface area contributed by atoms with Gasteiger partial charge < -0.3 is 14.4 Å². The van der Waals surface area contributed by atoms with Crippen LogP contribution in [0.15, 0.2) is 97.1 Å². The Labute approximate surface area is 297 Å². The molecule has 0 aromatic heterocycles. The van der Waals surface area contributed by atoms with Crippen LogP contribution in [0.3, 0.4) is 0 Å². The van der Waals surface area contributed by atoms with Gasteiger partial charge >= 0.3 is 0 Å². The van der Waals surface area contributed by atoms with E-state index >= 15 is 0 Å². The van der Waals surface area contributed by atoms with Crippen LogP contribution >= 0.6 is 23.2 Å². The van der Waals surface area contributed by atoms with Crippen LogP contribution in [0.5, 0.6) is 0 Å². The molecule has 4 aromatic rings. The Morgan fingerprint density at radius 1 is 0.833 bits per heavy atom. The van der Waals surface area contributed by atoms with Crippen molar-refractivity contribution in [1.29, 1.82) is 0 Å². The van der Waals surface area contributed by atoms with Crippen molar-refractivity contribution in [2.45, 2.75) is 89.4 Å². The van der Waals surface area contributed by atoms with Gasteiger partial charge in [0.2, 0.25) is 5.91 Å². The predicted molar refractivity (Wildman–Crippen MR) is 200 cm³/mol. The quantitative estimate of drug-likeness (QED) is 0.178. The van der Waals surface area contributed by atoms with Gasteiger partial charge in [-0.1, -0.05) is 129 Å². The maximum Gasteiger partial charge on any atom is 0.261 e. The maximum absolute atomic E-state index is 14.5. The number of halogens is 2. The second-order valence-electron chi connectivity index (χ2n) is 15.2. The fraction of sp³-hybridized carbons (Fsp3) is 0.390. The van der Waals surface area contributed by atoms with Crippen LogP contribution in [0.2, 0.25) is 15.1 Å². The molecule has 6 rings (SSSR count). The van der Waals surface area contributed by atoms with Crippen molar-refractivity contribution in [3.05, 3.63) is 129 Å². The average Bonchev–Trinajstić information content (AvgIpc) is 3.85. The molecule has 0 saturated heterocycles. The van der Waals surface area contributed by atoms with Gasteiger partial charge in [-0.2, -0.15) is 0 Å². The fourth-order valence-electron chi connectivity index (χ4n) is 8.20. The summed E-state index contributed by atoms with van der Waals surface area (Å²) in [6.45, 7) is 13.2. The van der Waals surface area contributed by atoms with Crippen LogP contribution in [0.4, 0.5) is 0 Å². The van der Waals surface area contributed by atoms with E-state index in [-0.39, 0.29) is 35.4 Å². The zero-order valence-electron chi connectivity index (χ0n) is 28.8. The van der Waals surface area contributed by atoms with Gasteiger partial charge in [0.1, 0.15) is 0 Å². The molecule has 1 unspecified atom stereocenters. The number of rotatable bonds is 9. The first kappa shape index (κ1) is 34.9. The van der Waals surface area contributed by atoms with Crippen molar-refractivity contribution in [3.8, 4) is 0 Å². The van der Waals surface area contributed by atoms with Crippen molar-refractivity contribution in [2.24, 2.45) is 5.92 Å². The minimum Gasteiger partial charge on any atom is -0.405 e. The lowest BCUT2D eigenvalue weighted by Crippen LogP contribution is -2.67. The molecule has 1 aliphatic carbocycles. The van der Waals surface area contributed by atoms with Gasteiger partial charge in [0.15, 0.2) is 0 Å². The Morgan fingerprint density at radius 2 is 1.38 bits per heavy atom. The van der Waals surface area contributed by atoms with Crippen molar-refractivity contribution < 1.29 is 14.3 Å². The highest BCUT2D eigenvalue weighted by Gasteiger charge is 2.52. The van der Waals surface area contributed by atoms with Crippen LogP contribution < -0.4 is 10.4 Å². The van der Waals surface area contributed by atoms with E-state index in [0.717, 1.165) is 12.0 Å². The highest BCUT2D eigenvalue weighted by molar-refractivity contribution is 6.99. The molecule has 252 valence electrons. The van der Waals surface area contributed by atoms with Crippen LogP contribution in [0.1, 0.15) is 82.2 Å². The normalized spacial score (nSPS) is 21.1. The van der Waals surface area contributed by atoms with Crippen molar-refractivity contribution >= 4 is 47.8 Å². The van der Waals surface area contributed by atoms with Crippen LogP contribution in [-0.4, -0.2) is 42.5 Å². The predicted octanol–water partition coefficient (Wildman–Crippen LogP) is 8.50. The molecule has 0 radical (unpaired) electrons. The number of carbonyl (C=O) groups is 1. The summed E-state index contributed by atoms with van der Waals surface area (Å²) in [6.07, 6.45) is 1.74. The summed E-state index contributed by atoms with van der Waals surface area (Å²) in [5.74, 6) is 0.494. The second kappa shape index (κ2) is 13.4. The molecule has 1 saturated carbocycles. The molecule has 4 nitrogen and oxygen atoms in total. The van der Waals surface area contributed by atoms with Gasteiger partial charge in [-0.05, 0) is 95.2 Å². The minimum absolute atomic E-state index is 0.0228. The van der Waals surface area contributed by atoms with Crippen molar-refractivity contribution in [1.82, 2.24) is 4.90 Å². The first-order valence-corrected chi connectivity index (χ1v) is 19.7. The summed E-state index contributed by atoms with van der Waals surface area (Å²) in [7, 11) is -2.88. The molecule has 7 heteroatoms. The Balaban J connectivity index is 1.43. The van der Waals surface area contributed by atoms with Gasteiger partial charge in [0.25, 0.3) is 8.32 Å². The summed E-state index contributed by atoms with van der Waals surface area (Å²) < 4.78 is 7.49. The van der Waals surface area contributed by atoms with Crippen molar-refractivity contribution in [3.63, 3.8) is 0 Å². The minimum atomic E-state index is -2.88. The van der Waals surface area contributed by atoms with Crippen LogP contribution in [0, 0.1) is 5.92 Å². The molecule has 1 aliphatic heterocycles. The zero-order chi connectivity index (χ0) is 34.4. The average molecular weight is 701 g/mol. The third-order valence-corrected chi connectivity index (χ3v) is 16.3. The SMILES string of the molecule is C[C@H]1c2cccc(C3C[C@H]3C(C)(C)O)c2C[C@H](CO[Si](c2ccccc2)(c2ccccc2)C(C)(C)C)N1C(=O)Cc1c(Cl)cccc1Cl. The van der Waals surface area contributed by atoms with Gasteiger partial charge in [-0.25, -0.2) is 0 Å². The van der Waals surface area contributed by atoms with E-state index in [1.165, 1.54) is 21.5 Å². The highest BCUT2D eigenvalue weighted by atomic mass is 35.5. The topological polar surface area (TPSA) is 49.8 Å². The monoisotopic (exact) mass is 699 g/mol. The molecule has 1 amide bonds. The van der Waals surface area contributed by atoms with Crippen LogP contribution in [-0.2, 0) is 22.1 Å². The Bertz CT molecular complexity index is 1710. The number of nitrogens with zero attached hydrogens (tertiary/aromatic N) is 1. The lowest BCUT2D eigenvalue weighted by atomic mass is 9.83. The van der Waals surface area contributed by atoms with Gasteiger partial charge in [0, 0.05) is 10.0 Å². The van der Waals surface area contributed by atoms with E-state index in [9.17, 15) is 9.90 Å². The zero-order valence-corrected chi connectivity index (χ0v) is 31.4. The molecule has 1 fully saturated rings. The number of carbonyl (C=O) groups excluding carboxylic acids is 1. The molecule has 1 heterocycles. The molecular weight excluding hydrogens is 653 g/mol. The van der Waals surface area contributed by atoms with E-state index < -0.39 is 13.9 Å². The number of amides is 1.